The lowest BCUT2D eigenvalue weighted by molar-refractivity contribution is -0.00461. The highest BCUT2D eigenvalue weighted by Gasteiger charge is 2.32. The van der Waals surface area contributed by atoms with Crippen LogP contribution in [0.5, 0.6) is 5.75 Å². The van der Waals surface area contributed by atoms with Crippen molar-refractivity contribution in [3.05, 3.63) is 29.8 Å². The number of hydrogen-bond acceptors (Lipinski definition) is 5. The zero-order valence-electron chi connectivity index (χ0n) is 12.6. The van der Waals surface area contributed by atoms with Gasteiger partial charge in [0.05, 0.1) is 30.4 Å². The molecule has 0 aromatic heterocycles. The van der Waals surface area contributed by atoms with Crippen LogP contribution in [0.2, 0.25) is 0 Å². The lowest BCUT2D eigenvalue weighted by Crippen LogP contribution is -2.27. The van der Waals surface area contributed by atoms with Crippen molar-refractivity contribution in [2.45, 2.75) is 18.6 Å². The molecule has 2 rings (SSSR count). The van der Waals surface area contributed by atoms with E-state index in [0.717, 1.165) is 31.8 Å². The summed E-state index contributed by atoms with van der Waals surface area (Å²) in [7, 11) is 3.46. The minimum absolute atomic E-state index is 0.156. The molecule has 1 aliphatic heterocycles. The van der Waals surface area contributed by atoms with E-state index in [9.17, 15) is 0 Å². The third-order valence-corrected chi connectivity index (χ3v) is 3.75. The van der Waals surface area contributed by atoms with Crippen LogP contribution in [0.25, 0.3) is 0 Å². The predicted molar refractivity (Wildman–Crippen MR) is 79.3 cm³/mol. The van der Waals surface area contributed by atoms with Crippen molar-refractivity contribution in [3.8, 4) is 11.8 Å². The maximum Gasteiger partial charge on any atom is 0.120 e. The second-order valence-electron chi connectivity index (χ2n) is 5.15. The average Bonchev–Trinajstić information content (AvgIpc) is 2.94. The van der Waals surface area contributed by atoms with Crippen LogP contribution in [0.1, 0.15) is 12.0 Å². The molecule has 21 heavy (non-hydrogen) atoms. The zero-order chi connectivity index (χ0) is 15.1. The zero-order valence-corrected chi connectivity index (χ0v) is 12.6. The van der Waals surface area contributed by atoms with Crippen LogP contribution in [0.3, 0.4) is 0 Å². The number of methoxy groups -OCH3 is 2. The lowest BCUT2D eigenvalue weighted by Gasteiger charge is -2.15. The Labute approximate surface area is 126 Å². The summed E-state index contributed by atoms with van der Waals surface area (Å²) < 4.78 is 16.5. The van der Waals surface area contributed by atoms with Crippen LogP contribution in [0.15, 0.2) is 24.3 Å². The van der Waals surface area contributed by atoms with Crippen LogP contribution in [-0.2, 0) is 9.47 Å². The fourth-order valence-corrected chi connectivity index (χ4v) is 2.59. The fraction of sp³-hybridized carbons (Fsp3) is 0.562. The summed E-state index contributed by atoms with van der Waals surface area (Å²) in [6.07, 6.45) is 1.25. The first kappa shape index (κ1) is 15.8. The van der Waals surface area contributed by atoms with Crippen LogP contribution in [0, 0.1) is 11.3 Å². The first-order valence-electron chi connectivity index (χ1n) is 7.17. The molecule has 0 saturated carbocycles. The quantitative estimate of drug-likeness (QED) is 0.715. The van der Waals surface area contributed by atoms with E-state index in [0.29, 0.717) is 12.2 Å². The summed E-state index contributed by atoms with van der Waals surface area (Å²) >= 11 is 0. The van der Waals surface area contributed by atoms with Gasteiger partial charge in [-0.05, 0) is 24.6 Å². The molecule has 1 aromatic carbocycles. The topological polar surface area (TPSA) is 54.7 Å². The van der Waals surface area contributed by atoms with Gasteiger partial charge in [0.1, 0.15) is 5.75 Å². The van der Waals surface area contributed by atoms with Gasteiger partial charge in [0.2, 0.25) is 0 Å². The van der Waals surface area contributed by atoms with E-state index in [-0.39, 0.29) is 12.2 Å². The van der Waals surface area contributed by atoms with Gasteiger partial charge in [0.15, 0.2) is 0 Å². The van der Waals surface area contributed by atoms with Crippen molar-refractivity contribution in [2.24, 2.45) is 0 Å². The molecule has 114 valence electrons. The summed E-state index contributed by atoms with van der Waals surface area (Å²) in [6.45, 7) is 3.40. The molecule has 2 atom stereocenters. The van der Waals surface area contributed by atoms with Crippen LogP contribution >= 0.6 is 0 Å². The van der Waals surface area contributed by atoms with Gasteiger partial charge < -0.3 is 14.2 Å². The molecule has 1 fully saturated rings. The molecule has 1 aromatic rings. The Morgan fingerprint density at radius 1 is 1.24 bits per heavy atom. The second kappa shape index (κ2) is 7.99. The Morgan fingerprint density at radius 3 is 2.57 bits per heavy atom. The Balaban J connectivity index is 1.69. The largest absolute Gasteiger partial charge is 0.494 e. The monoisotopic (exact) mass is 290 g/mol. The molecule has 0 spiro atoms. The minimum atomic E-state index is 0.156. The van der Waals surface area contributed by atoms with E-state index in [1.807, 2.05) is 12.1 Å². The molecule has 0 amide bonds. The Morgan fingerprint density at radius 2 is 1.95 bits per heavy atom. The van der Waals surface area contributed by atoms with Crippen molar-refractivity contribution in [2.75, 3.05) is 40.5 Å². The predicted octanol–water partition coefficient (Wildman–Crippen LogP) is 1.67. The van der Waals surface area contributed by atoms with Crippen LogP contribution in [0.4, 0.5) is 0 Å². The molecular weight excluding hydrogens is 268 g/mol. The highest BCUT2D eigenvalue weighted by atomic mass is 16.5. The standard InChI is InChI=1S/C16H22N2O3/c1-19-15-11-18(12-16(15)20-2)7-4-8-21-14-6-3-5-13(9-14)10-17/h3,5-6,9,15-16H,4,7-8,11-12H2,1-2H3. The third kappa shape index (κ3) is 4.43. The van der Waals surface area contributed by atoms with E-state index >= 15 is 0 Å². The van der Waals surface area contributed by atoms with Gasteiger partial charge in [-0.25, -0.2) is 0 Å². The summed E-state index contributed by atoms with van der Waals surface area (Å²) in [5.74, 6) is 0.750. The summed E-state index contributed by atoms with van der Waals surface area (Å²) in [4.78, 5) is 2.33. The average molecular weight is 290 g/mol. The fourth-order valence-electron chi connectivity index (χ4n) is 2.59. The molecule has 2 unspecified atom stereocenters. The van der Waals surface area contributed by atoms with E-state index in [1.165, 1.54) is 0 Å². The van der Waals surface area contributed by atoms with E-state index in [1.54, 1.807) is 26.4 Å². The van der Waals surface area contributed by atoms with Crippen LogP contribution in [-0.4, -0.2) is 57.6 Å². The van der Waals surface area contributed by atoms with Crippen molar-refractivity contribution in [1.29, 1.82) is 5.26 Å². The molecule has 1 saturated heterocycles. The molecular formula is C16H22N2O3. The van der Waals surface area contributed by atoms with Crippen molar-refractivity contribution < 1.29 is 14.2 Å². The molecule has 1 aliphatic rings. The maximum absolute atomic E-state index is 8.84. The van der Waals surface area contributed by atoms with Gasteiger partial charge in [-0.15, -0.1) is 0 Å². The number of likely N-dealkylation sites (tertiary alicyclic amines) is 1. The van der Waals surface area contributed by atoms with Gasteiger partial charge in [0.25, 0.3) is 0 Å². The highest BCUT2D eigenvalue weighted by Crippen LogP contribution is 2.16. The van der Waals surface area contributed by atoms with Crippen molar-refractivity contribution in [3.63, 3.8) is 0 Å². The lowest BCUT2D eigenvalue weighted by atomic mass is 10.2. The Bertz CT molecular complexity index is 475. The molecule has 5 heteroatoms. The Hall–Kier alpha value is -1.61. The molecule has 0 bridgehead atoms. The Kier molecular flexibility index (Phi) is 6.00. The first-order valence-corrected chi connectivity index (χ1v) is 7.17. The van der Waals surface area contributed by atoms with E-state index < -0.39 is 0 Å². The summed E-state index contributed by atoms with van der Waals surface area (Å²) in [5.41, 5.74) is 0.623. The third-order valence-electron chi connectivity index (χ3n) is 3.75. The highest BCUT2D eigenvalue weighted by molar-refractivity contribution is 5.36. The molecule has 0 aliphatic carbocycles. The van der Waals surface area contributed by atoms with Crippen LogP contribution < -0.4 is 4.74 Å². The summed E-state index contributed by atoms with van der Waals surface area (Å²) in [5, 5.41) is 8.84. The first-order chi connectivity index (χ1) is 10.3. The number of nitrogens with zero attached hydrogens (tertiary/aromatic N) is 2. The SMILES string of the molecule is COC1CN(CCCOc2cccc(C#N)c2)CC1OC. The molecule has 1 heterocycles. The number of nitriles is 1. The molecule has 0 radical (unpaired) electrons. The number of ether oxygens (including phenoxy) is 3. The van der Waals surface area contributed by atoms with Gasteiger partial charge in [-0.3, -0.25) is 4.90 Å². The molecule has 5 nitrogen and oxygen atoms in total. The minimum Gasteiger partial charge on any atom is -0.494 e. The number of hydrogen-bond donors (Lipinski definition) is 0. The van der Waals surface area contributed by atoms with Gasteiger partial charge in [-0.2, -0.15) is 5.26 Å². The summed E-state index contributed by atoms with van der Waals surface area (Å²) in [6, 6.07) is 9.35. The number of benzene rings is 1. The normalized spacial score (nSPS) is 22.1. The molecule has 0 N–H and O–H groups in total. The van der Waals surface area contributed by atoms with Gasteiger partial charge in [-0.1, -0.05) is 6.07 Å². The smallest absolute Gasteiger partial charge is 0.120 e. The van der Waals surface area contributed by atoms with E-state index in [4.69, 9.17) is 19.5 Å². The van der Waals surface area contributed by atoms with Gasteiger partial charge in [0, 0.05) is 33.9 Å². The maximum atomic E-state index is 8.84. The second-order valence-corrected chi connectivity index (χ2v) is 5.15. The van der Waals surface area contributed by atoms with Crippen molar-refractivity contribution in [1.82, 2.24) is 4.90 Å². The van der Waals surface area contributed by atoms with Crippen molar-refractivity contribution >= 4 is 0 Å². The number of rotatable bonds is 7. The van der Waals surface area contributed by atoms with Gasteiger partial charge >= 0.3 is 0 Å². The van der Waals surface area contributed by atoms with E-state index in [2.05, 4.69) is 11.0 Å².